The number of β-amino-alcohol motifs (C(OH)–C–C–N with tert-alkyl or cyclic N) is 1. The minimum atomic E-state index is -0.494. The molecule has 14 heavy (non-hydrogen) atoms. The molecule has 0 radical (unpaired) electrons. The van der Waals surface area contributed by atoms with Gasteiger partial charge in [0, 0.05) is 19.6 Å². The summed E-state index contributed by atoms with van der Waals surface area (Å²) >= 11 is 0. The predicted molar refractivity (Wildman–Crippen MR) is 57.2 cm³/mol. The van der Waals surface area contributed by atoms with Crippen molar-refractivity contribution in [1.82, 2.24) is 10.2 Å². The molecule has 2 saturated heterocycles. The number of likely N-dealkylation sites (tertiary alicyclic amines) is 1. The Bertz CT molecular complexity index is 193. The first-order valence-electron chi connectivity index (χ1n) is 5.76. The number of nitrogens with one attached hydrogen (secondary N) is 1. The summed E-state index contributed by atoms with van der Waals surface area (Å²) in [6.45, 7) is 9.54. The quantitative estimate of drug-likeness (QED) is 0.684. The average molecular weight is 198 g/mol. The van der Waals surface area contributed by atoms with Crippen LogP contribution in [0.1, 0.15) is 20.3 Å². The van der Waals surface area contributed by atoms with E-state index in [-0.39, 0.29) is 0 Å². The summed E-state index contributed by atoms with van der Waals surface area (Å²) in [6, 6.07) is 0. The summed E-state index contributed by atoms with van der Waals surface area (Å²) in [7, 11) is 0. The minimum absolute atomic E-state index is 0.494. The molecule has 0 saturated carbocycles. The largest absolute Gasteiger partial charge is 0.389 e. The summed E-state index contributed by atoms with van der Waals surface area (Å²) in [5.74, 6) is 1.67. The van der Waals surface area contributed by atoms with E-state index in [1.165, 1.54) is 26.2 Å². The Morgan fingerprint density at radius 2 is 1.93 bits per heavy atom. The van der Waals surface area contributed by atoms with Crippen LogP contribution in [-0.2, 0) is 0 Å². The van der Waals surface area contributed by atoms with Crippen molar-refractivity contribution in [2.24, 2.45) is 11.8 Å². The van der Waals surface area contributed by atoms with Gasteiger partial charge < -0.3 is 10.4 Å². The predicted octanol–water partition coefficient (Wildman–Crippen LogP) is 0.299. The molecule has 0 aliphatic carbocycles. The number of hydrogen-bond acceptors (Lipinski definition) is 3. The van der Waals surface area contributed by atoms with Gasteiger partial charge in [-0.05, 0) is 38.3 Å². The lowest BCUT2D eigenvalue weighted by molar-refractivity contribution is 0.0211. The monoisotopic (exact) mass is 198 g/mol. The molecule has 0 aromatic rings. The highest BCUT2D eigenvalue weighted by Gasteiger charge is 2.37. The molecule has 2 fully saturated rings. The first-order chi connectivity index (χ1) is 6.61. The van der Waals surface area contributed by atoms with Gasteiger partial charge in [0.1, 0.15) is 0 Å². The molecule has 2 aliphatic rings. The molecule has 0 aromatic heterocycles. The number of rotatable bonds is 3. The van der Waals surface area contributed by atoms with Crippen molar-refractivity contribution in [1.29, 1.82) is 0 Å². The molecule has 2 heterocycles. The van der Waals surface area contributed by atoms with Gasteiger partial charge in [0.25, 0.3) is 0 Å². The second kappa shape index (κ2) is 3.80. The highest BCUT2D eigenvalue weighted by atomic mass is 16.3. The maximum atomic E-state index is 9.99. The molecule has 2 aliphatic heterocycles. The molecule has 3 atom stereocenters. The molecule has 3 nitrogen and oxygen atoms in total. The SMILES string of the molecule is CCC(C)(O)CN1CC2CNCC2C1. The van der Waals surface area contributed by atoms with Gasteiger partial charge in [-0.15, -0.1) is 0 Å². The van der Waals surface area contributed by atoms with Crippen LogP contribution in [0.25, 0.3) is 0 Å². The Kier molecular flexibility index (Phi) is 2.82. The van der Waals surface area contributed by atoms with Crippen molar-refractivity contribution in [2.45, 2.75) is 25.9 Å². The Balaban J connectivity index is 1.84. The standard InChI is InChI=1S/C11H22N2O/c1-3-11(2,14)8-13-6-9-4-12-5-10(9)7-13/h9-10,12,14H,3-8H2,1-2H3. The molecule has 0 aromatic carbocycles. The lowest BCUT2D eigenvalue weighted by Gasteiger charge is -2.28. The lowest BCUT2D eigenvalue weighted by atomic mass is 10.0. The van der Waals surface area contributed by atoms with Crippen LogP contribution in [0, 0.1) is 11.8 Å². The van der Waals surface area contributed by atoms with Crippen LogP contribution in [-0.4, -0.2) is 48.3 Å². The van der Waals surface area contributed by atoms with Crippen LogP contribution in [0.15, 0.2) is 0 Å². The van der Waals surface area contributed by atoms with E-state index in [1.807, 2.05) is 6.92 Å². The molecule has 0 bridgehead atoms. The fourth-order valence-corrected chi connectivity index (χ4v) is 2.68. The summed E-state index contributed by atoms with van der Waals surface area (Å²) in [5, 5.41) is 13.4. The maximum absolute atomic E-state index is 9.99. The number of fused-ring (bicyclic) bond motifs is 1. The Morgan fingerprint density at radius 3 is 2.43 bits per heavy atom. The van der Waals surface area contributed by atoms with Crippen molar-refractivity contribution in [3.05, 3.63) is 0 Å². The highest BCUT2D eigenvalue weighted by Crippen LogP contribution is 2.27. The zero-order chi connectivity index (χ0) is 10.2. The van der Waals surface area contributed by atoms with Crippen molar-refractivity contribution in [3.63, 3.8) is 0 Å². The molecule has 3 unspecified atom stereocenters. The number of nitrogens with zero attached hydrogens (tertiary/aromatic N) is 1. The molecular formula is C11H22N2O. The van der Waals surface area contributed by atoms with Crippen molar-refractivity contribution >= 4 is 0 Å². The summed E-state index contributed by atoms with van der Waals surface area (Å²) in [4.78, 5) is 2.43. The van der Waals surface area contributed by atoms with E-state index < -0.39 is 5.60 Å². The van der Waals surface area contributed by atoms with E-state index in [4.69, 9.17) is 0 Å². The molecule has 82 valence electrons. The summed E-state index contributed by atoms with van der Waals surface area (Å²) < 4.78 is 0. The van der Waals surface area contributed by atoms with Crippen molar-refractivity contribution in [3.8, 4) is 0 Å². The van der Waals surface area contributed by atoms with Gasteiger partial charge in [-0.3, -0.25) is 4.90 Å². The van der Waals surface area contributed by atoms with Crippen molar-refractivity contribution < 1.29 is 5.11 Å². The van der Waals surface area contributed by atoms with Crippen LogP contribution in [0.5, 0.6) is 0 Å². The summed E-state index contributed by atoms with van der Waals surface area (Å²) in [6.07, 6.45) is 0.844. The average Bonchev–Trinajstić information content (AvgIpc) is 2.63. The van der Waals surface area contributed by atoms with E-state index >= 15 is 0 Å². The second-order valence-electron chi connectivity index (χ2n) is 5.22. The second-order valence-corrected chi connectivity index (χ2v) is 5.22. The fraction of sp³-hybridized carbons (Fsp3) is 1.00. The van der Waals surface area contributed by atoms with E-state index in [0.717, 1.165) is 24.8 Å². The fourth-order valence-electron chi connectivity index (χ4n) is 2.68. The third kappa shape index (κ3) is 2.10. The number of hydrogen-bond donors (Lipinski definition) is 2. The van der Waals surface area contributed by atoms with E-state index in [1.54, 1.807) is 0 Å². The maximum Gasteiger partial charge on any atom is 0.0743 e. The van der Waals surface area contributed by atoms with Crippen LogP contribution in [0.4, 0.5) is 0 Å². The lowest BCUT2D eigenvalue weighted by Crippen LogP contribution is -2.40. The molecular weight excluding hydrogens is 176 g/mol. The van der Waals surface area contributed by atoms with Crippen LogP contribution < -0.4 is 5.32 Å². The van der Waals surface area contributed by atoms with Gasteiger partial charge in [0.15, 0.2) is 0 Å². The smallest absolute Gasteiger partial charge is 0.0743 e. The van der Waals surface area contributed by atoms with Crippen molar-refractivity contribution in [2.75, 3.05) is 32.7 Å². The number of aliphatic hydroxyl groups is 1. The minimum Gasteiger partial charge on any atom is -0.389 e. The molecule has 2 N–H and O–H groups in total. The normalized spacial score (nSPS) is 37.1. The molecule has 3 heteroatoms. The Morgan fingerprint density at radius 1 is 1.36 bits per heavy atom. The van der Waals surface area contributed by atoms with E-state index in [0.29, 0.717) is 0 Å². The van der Waals surface area contributed by atoms with Gasteiger partial charge in [-0.2, -0.15) is 0 Å². The van der Waals surface area contributed by atoms with Crippen LogP contribution >= 0.6 is 0 Å². The van der Waals surface area contributed by atoms with Gasteiger partial charge in [-0.1, -0.05) is 6.92 Å². The molecule has 0 amide bonds. The topological polar surface area (TPSA) is 35.5 Å². The summed E-state index contributed by atoms with van der Waals surface area (Å²) in [5.41, 5.74) is -0.494. The first-order valence-corrected chi connectivity index (χ1v) is 5.76. The Labute approximate surface area is 86.5 Å². The third-order valence-electron chi connectivity index (χ3n) is 3.79. The van der Waals surface area contributed by atoms with E-state index in [2.05, 4.69) is 17.1 Å². The first kappa shape index (κ1) is 10.4. The van der Waals surface area contributed by atoms with Gasteiger partial charge >= 0.3 is 0 Å². The Hall–Kier alpha value is -0.120. The van der Waals surface area contributed by atoms with Gasteiger partial charge in [-0.25, -0.2) is 0 Å². The zero-order valence-electron chi connectivity index (χ0n) is 9.29. The molecule has 0 spiro atoms. The van der Waals surface area contributed by atoms with Crippen LogP contribution in [0.2, 0.25) is 0 Å². The van der Waals surface area contributed by atoms with Crippen LogP contribution in [0.3, 0.4) is 0 Å². The molecule has 2 rings (SSSR count). The van der Waals surface area contributed by atoms with E-state index in [9.17, 15) is 5.11 Å². The van der Waals surface area contributed by atoms with Gasteiger partial charge in [0.2, 0.25) is 0 Å². The van der Waals surface area contributed by atoms with Gasteiger partial charge in [0.05, 0.1) is 5.60 Å². The zero-order valence-corrected chi connectivity index (χ0v) is 9.29. The third-order valence-corrected chi connectivity index (χ3v) is 3.79. The highest BCUT2D eigenvalue weighted by molar-refractivity contribution is 4.93.